The van der Waals surface area contributed by atoms with Gasteiger partial charge in [0, 0.05) is 16.7 Å². The highest BCUT2D eigenvalue weighted by molar-refractivity contribution is 9.09. The highest BCUT2D eigenvalue weighted by atomic mass is 79.9. The van der Waals surface area contributed by atoms with Crippen molar-refractivity contribution in [2.24, 2.45) is 28.9 Å². The third-order valence-electron chi connectivity index (χ3n) is 4.58. The Kier molecular flexibility index (Phi) is 1.42. The van der Waals surface area contributed by atoms with Crippen LogP contribution in [-0.4, -0.2) is 32.5 Å². The van der Waals surface area contributed by atoms with Crippen molar-refractivity contribution < 1.29 is 19.8 Å². The maximum atomic E-state index is 11.2. The molecule has 0 spiro atoms. The number of carbonyl (C=O) groups is 2. The van der Waals surface area contributed by atoms with E-state index in [0.29, 0.717) is 6.42 Å². The summed E-state index contributed by atoms with van der Waals surface area (Å²) >= 11 is 3.39. The molecule has 6 unspecified atom stereocenters. The summed E-state index contributed by atoms with van der Waals surface area (Å²) in [6, 6.07) is 0. The monoisotopic (exact) mass is 275 g/mol. The molecule has 0 aromatic heterocycles. The van der Waals surface area contributed by atoms with Gasteiger partial charge in [-0.3, -0.25) is 9.59 Å². The largest absolute Gasteiger partial charge is 0.481 e. The van der Waals surface area contributed by atoms with Crippen molar-refractivity contribution in [2.45, 2.75) is 16.8 Å². The van der Waals surface area contributed by atoms with Crippen LogP contribution in [0, 0.1) is 23.2 Å². The Morgan fingerprint density at radius 2 is 1.93 bits per heavy atom. The fraction of sp³-hybridized carbons (Fsp3) is 0.778. The first-order valence-corrected chi connectivity index (χ1v) is 5.69. The van der Waals surface area contributed by atoms with Gasteiger partial charge in [-0.15, -0.1) is 0 Å². The molecule has 4 aliphatic rings. The van der Waals surface area contributed by atoms with Gasteiger partial charge in [-0.25, -0.2) is 0 Å². The molecule has 0 aromatic rings. The molecular weight excluding hydrogens is 266 g/mol. The van der Waals surface area contributed by atoms with Crippen molar-refractivity contribution in [1.82, 2.24) is 0 Å². The Labute approximate surface area is 93.8 Å². The third kappa shape index (κ3) is 0.683. The molecule has 4 fully saturated rings. The molecule has 6 heteroatoms. The molecule has 4 aliphatic carbocycles. The standard InChI is InChI=1S/C9H10BrNO4/c10-4-2-1-8(6(12)13)3(4)5(8)9(2,11)7(14)15/h2-5H,1,11H2,(H,12,13)(H,14,15). The Hall–Kier alpha value is -0.620. The first-order chi connectivity index (χ1) is 6.88. The van der Waals surface area contributed by atoms with Gasteiger partial charge in [-0.1, -0.05) is 15.9 Å². The van der Waals surface area contributed by atoms with Gasteiger partial charge >= 0.3 is 11.9 Å². The first-order valence-electron chi connectivity index (χ1n) is 4.78. The molecule has 4 N–H and O–H groups in total. The van der Waals surface area contributed by atoms with Crippen molar-refractivity contribution in [3.05, 3.63) is 0 Å². The average Bonchev–Trinajstić information content (AvgIpc) is 2.52. The molecular formula is C9H10BrNO4. The summed E-state index contributed by atoms with van der Waals surface area (Å²) in [5.41, 5.74) is 3.70. The smallest absolute Gasteiger partial charge is 0.324 e. The zero-order valence-electron chi connectivity index (χ0n) is 7.68. The van der Waals surface area contributed by atoms with Gasteiger partial charge in [-0.2, -0.15) is 0 Å². The van der Waals surface area contributed by atoms with Crippen molar-refractivity contribution >= 4 is 27.9 Å². The van der Waals surface area contributed by atoms with E-state index >= 15 is 0 Å². The van der Waals surface area contributed by atoms with Crippen LogP contribution in [0.1, 0.15) is 6.42 Å². The van der Waals surface area contributed by atoms with Crippen LogP contribution >= 0.6 is 15.9 Å². The fourth-order valence-corrected chi connectivity index (χ4v) is 5.37. The summed E-state index contributed by atoms with van der Waals surface area (Å²) < 4.78 is 0. The lowest BCUT2D eigenvalue weighted by Crippen LogP contribution is -2.52. The van der Waals surface area contributed by atoms with Crippen LogP contribution in [-0.2, 0) is 9.59 Å². The molecule has 6 atom stereocenters. The minimum Gasteiger partial charge on any atom is -0.481 e. The second-order valence-electron chi connectivity index (χ2n) is 4.84. The molecule has 4 rings (SSSR count). The van der Waals surface area contributed by atoms with Crippen molar-refractivity contribution in [3.8, 4) is 0 Å². The van der Waals surface area contributed by atoms with E-state index in [2.05, 4.69) is 15.9 Å². The second-order valence-corrected chi connectivity index (χ2v) is 5.90. The molecule has 0 amide bonds. The zero-order chi connectivity index (χ0) is 11.2. The Morgan fingerprint density at radius 3 is 2.20 bits per heavy atom. The van der Waals surface area contributed by atoms with E-state index in [9.17, 15) is 14.7 Å². The van der Waals surface area contributed by atoms with Crippen LogP contribution in [0.15, 0.2) is 0 Å². The fourth-order valence-electron chi connectivity index (χ4n) is 3.97. The topological polar surface area (TPSA) is 101 Å². The molecule has 0 heterocycles. The molecule has 0 saturated heterocycles. The minimum absolute atomic E-state index is 0.0558. The number of hydrogen-bond acceptors (Lipinski definition) is 3. The molecule has 15 heavy (non-hydrogen) atoms. The summed E-state index contributed by atoms with van der Waals surface area (Å²) in [5.74, 6) is -2.69. The van der Waals surface area contributed by atoms with E-state index < -0.39 is 28.8 Å². The highest BCUT2D eigenvalue weighted by Gasteiger charge is 2.91. The summed E-state index contributed by atoms with van der Waals surface area (Å²) in [6.45, 7) is 0. The predicted octanol–water partition coefficient (Wildman–Crippen LogP) is -0.117. The molecule has 0 aliphatic heterocycles. The van der Waals surface area contributed by atoms with E-state index in [1.165, 1.54) is 0 Å². The summed E-state index contributed by atoms with van der Waals surface area (Å²) in [7, 11) is 0. The van der Waals surface area contributed by atoms with Gasteiger partial charge < -0.3 is 15.9 Å². The maximum absolute atomic E-state index is 11.2. The van der Waals surface area contributed by atoms with Crippen LogP contribution in [0.5, 0.6) is 0 Å². The van der Waals surface area contributed by atoms with Crippen LogP contribution in [0.4, 0.5) is 0 Å². The summed E-state index contributed by atoms with van der Waals surface area (Å²) in [4.78, 5) is 22.3. The normalized spacial score (nSPS) is 59.3. The predicted molar refractivity (Wildman–Crippen MR) is 52.4 cm³/mol. The molecule has 5 nitrogen and oxygen atoms in total. The van der Waals surface area contributed by atoms with Crippen molar-refractivity contribution in [2.75, 3.05) is 0 Å². The molecule has 4 saturated carbocycles. The van der Waals surface area contributed by atoms with Crippen LogP contribution in [0.2, 0.25) is 0 Å². The van der Waals surface area contributed by atoms with Gasteiger partial charge in [0.05, 0.1) is 5.41 Å². The van der Waals surface area contributed by atoms with Crippen molar-refractivity contribution in [1.29, 1.82) is 0 Å². The van der Waals surface area contributed by atoms with Crippen LogP contribution in [0.3, 0.4) is 0 Å². The van der Waals surface area contributed by atoms with Crippen molar-refractivity contribution in [3.63, 3.8) is 0 Å². The SMILES string of the molecule is NC1(C(=O)O)C2CC3(C(=O)O)C(C2Br)C13. The van der Waals surface area contributed by atoms with E-state index in [-0.39, 0.29) is 16.7 Å². The Morgan fingerprint density at radius 1 is 1.33 bits per heavy atom. The lowest BCUT2D eigenvalue weighted by atomic mass is 9.90. The Balaban J connectivity index is 2.10. The average molecular weight is 276 g/mol. The van der Waals surface area contributed by atoms with E-state index in [4.69, 9.17) is 10.8 Å². The number of nitrogens with two attached hydrogens (primary N) is 1. The van der Waals surface area contributed by atoms with Gasteiger partial charge in [0.1, 0.15) is 5.54 Å². The second kappa shape index (κ2) is 2.22. The number of hydrogen-bond donors (Lipinski definition) is 3. The van der Waals surface area contributed by atoms with E-state index in [1.54, 1.807) is 0 Å². The number of alkyl halides is 1. The summed E-state index contributed by atoms with van der Waals surface area (Å²) in [5, 5.41) is 18.3. The molecule has 0 radical (unpaired) electrons. The van der Waals surface area contributed by atoms with E-state index in [1.807, 2.05) is 0 Å². The Bertz CT molecular complexity index is 400. The number of carboxylic acids is 2. The first kappa shape index (κ1) is 9.59. The maximum Gasteiger partial charge on any atom is 0.324 e. The minimum atomic E-state index is -1.34. The molecule has 4 bridgehead atoms. The molecule has 0 aromatic carbocycles. The van der Waals surface area contributed by atoms with Gasteiger partial charge in [0.2, 0.25) is 0 Å². The van der Waals surface area contributed by atoms with Gasteiger partial charge in [-0.05, 0) is 12.3 Å². The number of aliphatic carboxylic acids is 2. The number of halogens is 1. The number of rotatable bonds is 2. The van der Waals surface area contributed by atoms with E-state index in [0.717, 1.165) is 0 Å². The lowest BCUT2D eigenvalue weighted by molar-refractivity contribution is -0.145. The highest BCUT2D eigenvalue weighted by Crippen LogP contribution is 2.83. The third-order valence-corrected chi connectivity index (χ3v) is 5.79. The van der Waals surface area contributed by atoms with Crippen LogP contribution < -0.4 is 5.73 Å². The summed E-state index contributed by atoms with van der Waals surface area (Å²) in [6.07, 6.45) is 0.399. The number of carboxylic acid groups (broad SMARTS) is 2. The lowest BCUT2D eigenvalue weighted by Gasteiger charge is -2.24. The van der Waals surface area contributed by atoms with Crippen LogP contribution in [0.25, 0.3) is 0 Å². The van der Waals surface area contributed by atoms with Gasteiger partial charge in [0.25, 0.3) is 0 Å². The zero-order valence-corrected chi connectivity index (χ0v) is 9.27. The molecule has 82 valence electrons. The quantitative estimate of drug-likeness (QED) is 0.610. The van der Waals surface area contributed by atoms with Gasteiger partial charge in [0.15, 0.2) is 0 Å².